The number of nitrogens with two attached hydrogens (primary N) is 1. The SMILES string of the molecule is Cc1cc(CC2(O)CCC(N)C2)n(C)n1. The smallest absolute Gasteiger partial charge is 0.0718 e. The predicted octanol–water partition coefficient (Wildman–Crippen LogP) is 0.513. The molecule has 0 amide bonds. The van der Waals surface area contributed by atoms with E-state index in [2.05, 4.69) is 5.10 Å². The third-order valence-electron chi connectivity index (χ3n) is 3.23. The summed E-state index contributed by atoms with van der Waals surface area (Å²) in [5.74, 6) is 0. The van der Waals surface area contributed by atoms with E-state index in [-0.39, 0.29) is 6.04 Å². The van der Waals surface area contributed by atoms with Crippen LogP contribution in [-0.2, 0) is 13.5 Å². The molecule has 4 heteroatoms. The molecule has 15 heavy (non-hydrogen) atoms. The summed E-state index contributed by atoms with van der Waals surface area (Å²) in [5.41, 5.74) is 7.30. The fourth-order valence-electron chi connectivity index (χ4n) is 2.47. The molecule has 0 aliphatic heterocycles. The van der Waals surface area contributed by atoms with Crippen molar-refractivity contribution in [2.24, 2.45) is 12.8 Å². The molecule has 84 valence electrons. The van der Waals surface area contributed by atoms with Gasteiger partial charge in [-0.25, -0.2) is 0 Å². The van der Waals surface area contributed by atoms with E-state index < -0.39 is 5.60 Å². The Labute approximate surface area is 90.1 Å². The molecule has 0 aromatic carbocycles. The van der Waals surface area contributed by atoms with E-state index in [1.807, 2.05) is 24.7 Å². The van der Waals surface area contributed by atoms with Crippen molar-refractivity contribution in [3.63, 3.8) is 0 Å². The lowest BCUT2D eigenvalue weighted by atomic mass is 9.95. The third kappa shape index (κ3) is 2.21. The van der Waals surface area contributed by atoms with E-state index in [1.165, 1.54) is 0 Å². The molecule has 1 aliphatic rings. The fraction of sp³-hybridized carbons (Fsp3) is 0.727. The average Bonchev–Trinajstić information content (AvgIpc) is 2.58. The fourth-order valence-corrected chi connectivity index (χ4v) is 2.47. The standard InChI is InChI=1S/C11H19N3O/c1-8-5-10(14(2)13-8)7-11(15)4-3-9(12)6-11/h5,9,15H,3-4,6-7,12H2,1-2H3. The maximum Gasteiger partial charge on any atom is 0.0718 e. The highest BCUT2D eigenvalue weighted by Gasteiger charge is 2.36. The molecule has 3 N–H and O–H groups in total. The number of aryl methyl sites for hydroxylation is 2. The molecule has 1 aromatic heterocycles. The zero-order chi connectivity index (χ0) is 11.1. The summed E-state index contributed by atoms with van der Waals surface area (Å²) in [6.07, 6.45) is 3.10. The summed E-state index contributed by atoms with van der Waals surface area (Å²) >= 11 is 0. The van der Waals surface area contributed by atoms with E-state index in [1.54, 1.807) is 0 Å². The maximum atomic E-state index is 10.3. The van der Waals surface area contributed by atoms with Gasteiger partial charge >= 0.3 is 0 Å². The number of aliphatic hydroxyl groups is 1. The average molecular weight is 209 g/mol. The van der Waals surface area contributed by atoms with Crippen LogP contribution in [0.5, 0.6) is 0 Å². The van der Waals surface area contributed by atoms with E-state index >= 15 is 0 Å². The molecule has 1 fully saturated rings. The molecule has 0 bridgehead atoms. The monoisotopic (exact) mass is 209 g/mol. The van der Waals surface area contributed by atoms with E-state index in [0.717, 1.165) is 24.2 Å². The number of nitrogens with zero attached hydrogens (tertiary/aromatic N) is 2. The normalized spacial score (nSPS) is 31.1. The highest BCUT2D eigenvalue weighted by Crippen LogP contribution is 2.31. The summed E-state index contributed by atoms with van der Waals surface area (Å²) in [7, 11) is 1.92. The first-order valence-electron chi connectivity index (χ1n) is 5.46. The van der Waals surface area contributed by atoms with Crippen molar-refractivity contribution >= 4 is 0 Å². The quantitative estimate of drug-likeness (QED) is 0.746. The molecule has 2 atom stereocenters. The Morgan fingerprint density at radius 1 is 1.73 bits per heavy atom. The van der Waals surface area contributed by atoms with Gasteiger partial charge in [0, 0.05) is 25.2 Å². The Kier molecular flexibility index (Phi) is 2.56. The highest BCUT2D eigenvalue weighted by molar-refractivity contribution is 5.12. The molecule has 1 aliphatic carbocycles. The van der Waals surface area contributed by atoms with E-state index in [4.69, 9.17) is 5.73 Å². The molecular formula is C11H19N3O. The Morgan fingerprint density at radius 2 is 2.47 bits per heavy atom. The zero-order valence-electron chi connectivity index (χ0n) is 9.40. The maximum absolute atomic E-state index is 10.3. The van der Waals surface area contributed by atoms with Gasteiger partial charge in [0.05, 0.1) is 11.3 Å². The van der Waals surface area contributed by atoms with Crippen LogP contribution >= 0.6 is 0 Å². The van der Waals surface area contributed by atoms with Gasteiger partial charge in [-0.2, -0.15) is 5.10 Å². The first kappa shape index (κ1) is 10.6. The second-order valence-electron chi connectivity index (χ2n) is 4.80. The van der Waals surface area contributed by atoms with Crippen molar-refractivity contribution in [2.45, 2.75) is 44.2 Å². The van der Waals surface area contributed by atoms with Crippen LogP contribution in [0.15, 0.2) is 6.07 Å². The van der Waals surface area contributed by atoms with Gasteiger partial charge in [0.1, 0.15) is 0 Å². The van der Waals surface area contributed by atoms with Crippen molar-refractivity contribution in [1.29, 1.82) is 0 Å². The summed E-state index contributed by atoms with van der Waals surface area (Å²) in [4.78, 5) is 0. The molecule has 0 spiro atoms. The first-order valence-corrected chi connectivity index (χ1v) is 5.46. The molecule has 1 aromatic rings. The van der Waals surface area contributed by atoms with Crippen molar-refractivity contribution in [1.82, 2.24) is 9.78 Å². The number of hydrogen-bond acceptors (Lipinski definition) is 3. The summed E-state index contributed by atoms with van der Waals surface area (Å²) in [5, 5.41) is 14.6. The van der Waals surface area contributed by atoms with Gasteiger partial charge in [0.2, 0.25) is 0 Å². The number of aromatic nitrogens is 2. The summed E-state index contributed by atoms with van der Waals surface area (Å²) in [6.45, 7) is 1.97. The van der Waals surface area contributed by atoms with Crippen LogP contribution in [0.3, 0.4) is 0 Å². The minimum atomic E-state index is -0.611. The van der Waals surface area contributed by atoms with Crippen molar-refractivity contribution in [2.75, 3.05) is 0 Å². The minimum absolute atomic E-state index is 0.157. The molecule has 0 radical (unpaired) electrons. The van der Waals surface area contributed by atoms with Crippen LogP contribution in [0.1, 0.15) is 30.7 Å². The van der Waals surface area contributed by atoms with Crippen LogP contribution in [0.25, 0.3) is 0 Å². The minimum Gasteiger partial charge on any atom is -0.389 e. The summed E-state index contributed by atoms with van der Waals surface area (Å²) < 4.78 is 1.84. The lowest BCUT2D eigenvalue weighted by Gasteiger charge is -2.22. The summed E-state index contributed by atoms with van der Waals surface area (Å²) in [6, 6.07) is 2.19. The lowest BCUT2D eigenvalue weighted by Crippen LogP contribution is -2.31. The number of rotatable bonds is 2. The zero-order valence-corrected chi connectivity index (χ0v) is 9.40. The molecule has 4 nitrogen and oxygen atoms in total. The van der Waals surface area contributed by atoms with Gasteiger partial charge in [0.15, 0.2) is 0 Å². The van der Waals surface area contributed by atoms with Crippen LogP contribution in [-0.4, -0.2) is 26.5 Å². The Morgan fingerprint density at radius 3 is 2.93 bits per heavy atom. The van der Waals surface area contributed by atoms with Gasteiger partial charge < -0.3 is 10.8 Å². The van der Waals surface area contributed by atoms with Gasteiger partial charge in [-0.05, 0) is 32.3 Å². The Bertz CT molecular complexity index is 361. The van der Waals surface area contributed by atoms with Crippen LogP contribution in [0.4, 0.5) is 0 Å². The van der Waals surface area contributed by atoms with E-state index in [0.29, 0.717) is 12.8 Å². The Hall–Kier alpha value is -0.870. The van der Waals surface area contributed by atoms with Crippen LogP contribution in [0, 0.1) is 6.92 Å². The van der Waals surface area contributed by atoms with Crippen molar-refractivity contribution in [3.05, 3.63) is 17.5 Å². The first-order chi connectivity index (χ1) is 6.98. The molecule has 0 saturated heterocycles. The lowest BCUT2D eigenvalue weighted by molar-refractivity contribution is 0.0450. The van der Waals surface area contributed by atoms with Crippen LogP contribution < -0.4 is 5.73 Å². The number of hydrogen-bond donors (Lipinski definition) is 2. The van der Waals surface area contributed by atoms with Gasteiger partial charge in [-0.15, -0.1) is 0 Å². The van der Waals surface area contributed by atoms with Gasteiger partial charge in [-0.1, -0.05) is 0 Å². The van der Waals surface area contributed by atoms with Crippen LogP contribution in [0.2, 0.25) is 0 Å². The highest BCUT2D eigenvalue weighted by atomic mass is 16.3. The molecular weight excluding hydrogens is 190 g/mol. The second-order valence-corrected chi connectivity index (χ2v) is 4.80. The predicted molar refractivity (Wildman–Crippen MR) is 58.4 cm³/mol. The molecule has 2 rings (SSSR count). The van der Waals surface area contributed by atoms with Gasteiger partial charge in [0.25, 0.3) is 0 Å². The largest absolute Gasteiger partial charge is 0.389 e. The molecule has 2 unspecified atom stereocenters. The second kappa shape index (κ2) is 3.61. The van der Waals surface area contributed by atoms with E-state index in [9.17, 15) is 5.11 Å². The van der Waals surface area contributed by atoms with Gasteiger partial charge in [-0.3, -0.25) is 4.68 Å². The molecule has 1 saturated carbocycles. The molecule has 1 heterocycles. The third-order valence-corrected chi connectivity index (χ3v) is 3.23. The Balaban J connectivity index is 2.11. The van der Waals surface area contributed by atoms with Crippen molar-refractivity contribution < 1.29 is 5.11 Å². The van der Waals surface area contributed by atoms with Crippen molar-refractivity contribution in [3.8, 4) is 0 Å². The topological polar surface area (TPSA) is 64.1 Å².